The Balaban J connectivity index is 2.14. The van der Waals surface area contributed by atoms with Crippen LogP contribution in [0, 0.1) is 0 Å². The minimum absolute atomic E-state index is 0.0190. The van der Waals surface area contributed by atoms with Crippen LogP contribution in [0.4, 0.5) is 0 Å². The zero-order valence-electron chi connectivity index (χ0n) is 8.76. The Kier molecular flexibility index (Phi) is 5.74. The maximum Gasteiger partial charge on any atom is 0.293 e. The molecular weight excluding hydrogens is 232 g/mol. The fourth-order valence-electron chi connectivity index (χ4n) is 1.30. The first-order valence-electron chi connectivity index (χ1n) is 4.90. The molecule has 0 bridgehead atoms. The van der Waals surface area contributed by atoms with E-state index in [9.17, 15) is 4.79 Å². The minimum Gasteiger partial charge on any atom is -0.364 e. The molecule has 15 heavy (non-hydrogen) atoms. The minimum atomic E-state index is -0.0190. The third kappa shape index (κ3) is 5.19. The van der Waals surface area contributed by atoms with Crippen molar-refractivity contribution in [1.82, 2.24) is 16.2 Å². The van der Waals surface area contributed by atoms with E-state index >= 15 is 0 Å². The summed E-state index contributed by atoms with van der Waals surface area (Å²) in [5, 5.41) is 3.14. The third-order valence-electron chi connectivity index (χ3n) is 2.15. The van der Waals surface area contributed by atoms with E-state index in [1.165, 1.54) is 4.90 Å². The summed E-state index contributed by atoms with van der Waals surface area (Å²) < 4.78 is 0. The maximum absolute atomic E-state index is 11.4. The van der Waals surface area contributed by atoms with Gasteiger partial charge in [0, 0.05) is 18.6 Å². The standard InChI is InChI=1S/C8H16N4OS2/c1-9-8(14)11-10-7(13)6-12-2-4-15-5-3-12/h2-6H2,1H3,(H,10,13)(H2,9,11,14)/p+1. The molecule has 7 heteroatoms. The van der Waals surface area contributed by atoms with Crippen LogP contribution in [0.3, 0.4) is 0 Å². The van der Waals surface area contributed by atoms with Gasteiger partial charge in [-0.15, -0.1) is 0 Å². The van der Waals surface area contributed by atoms with Crippen molar-refractivity contribution in [3.63, 3.8) is 0 Å². The molecule has 1 heterocycles. The zero-order chi connectivity index (χ0) is 11.1. The van der Waals surface area contributed by atoms with Crippen molar-refractivity contribution in [1.29, 1.82) is 0 Å². The lowest BCUT2D eigenvalue weighted by Gasteiger charge is -2.22. The zero-order valence-corrected chi connectivity index (χ0v) is 10.4. The Hall–Kier alpha value is -0.530. The predicted octanol–water partition coefficient (Wildman–Crippen LogP) is -2.26. The van der Waals surface area contributed by atoms with Crippen LogP contribution in [0.25, 0.3) is 0 Å². The SMILES string of the molecule is CNC(=S)NNC(=O)C[NH+]1CCSCC1. The largest absolute Gasteiger partial charge is 0.364 e. The van der Waals surface area contributed by atoms with Crippen molar-refractivity contribution in [2.45, 2.75) is 0 Å². The lowest BCUT2D eigenvalue weighted by Crippen LogP contribution is -3.14. The molecule has 86 valence electrons. The van der Waals surface area contributed by atoms with Gasteiger partial charge in [0.1, 0.15) is 0 Å². The normalized spacial score (nSPS) is 16.9. The molecule has 0 aromatic heterocycles. The molecule has 0 aliphatic carbocycles. The highest BCUT2D eigenvalue weighted by Crippen LogP contribution is 1.97. The van der Waals surface area contributed by atoms with Gasteiger partial charge in [-0.1, -0.05) is 0 Å². The van der Waals surface area contributed by atoms with Crippen LogP contribution in [0.5, 0.6) is 0 Å². The van der Waals surface area contributed by atoms with Gasteiger partial charge >= 0.3 is 0 Å². The first kappa shape index (κ1) is 12.5. The Morgan fingerprint density at radius 3 is 2.67 bits per heavy atom. The van der Waals surface area contributed by atoms with Crippen LogP contribution >= 0.6 is 24.0 Å². The quantitative estimate of drug-likeness (QED) is 0.329. The van der Waals surface area contributed by atoms with Gasteiger partial charge in [0.05, 0.1) is 13.1 Å². The van der Waals surface area contributed by atoms with Crippen LogP contribution in [-0.4, -0.2) is 49.2 Å². The van der Waals surface area contributed by atoms with E-state index in [0.29, 0.717) is 11.7 Å². The van der Waals surface area contributed by atoms with Crippen molar-refractivity contribution < 1.29 is 9.69 Å². The van der Waals surface area contributed by atoms with Crippen molar-refractivity contribution in [2.75, 3.05) is 38.2 Å². The summed E-state index contributed by atoms with van der Waals surface area (Å²) in [7, 11) is 1.70. The fraction of sp³-hybridized carbons (Fsp3) is 0.750. The van der Waals surface area contributed by atoms with Crippen LogP contribution in [0.1, 0.15) is 0 Å². The smallest absolute Gasteiger partial charge is 0.293 e. The molecule has 0 unspecified atom stereocenters. The van der Waals surface area contributed by atoms with E-state index in [-0.39, 0.29) is 5.91 Å². The first-order chi connectivity index (χ1) is 7.22. The van der Waals surface area contributed by atoms with Gasteiger partial charge in [0.2, 0.25) is 0 Å². The monoisotopic (exact) mass is 249 g/mol. The number of hydrogen-bond donors (Lipinski definition) is 4. The van der Waals surface area contributed by atoms with Gasteiger partial charge in [0.15, 0.2) is 11.7 Å². The molecule has 0 saturated carbocycles. The number of thiocarbonyl (C=S) groups is 1. The Morgan fingerprint density at radius 1 is 1.40 bits per heavy atom. The summed E-state index contributed by atoms with van der Waals surface area (Å²) in [5.41, 5.74) is 5.18. The first-order valence-corrected chi connectivity index (χ1v) is 6.46. The van der Waals surface area contributed by atoms with Gasteiger partial charge in [-0.25, -0.2) is 0 Å². The summed E-state index contributed by atoms with van der Waals surface area (Å²) in [6.45, 7) is 2.64. The van der Waals surface area contributed by atoms with Crippen molar-refractivity contribution in [3.05, 3.63) is 0 Å². The Labute approximate surface area is 99.3 Å². The van der Waals surface area contributed by atoms with Gasteiger partial charge in [0.25, 0.3) is 5.91 Å². The summed E-state index contributed by atoms with van der Waals surface area (Å²) in [4.78, 5) is 12.8. The second kappa shape index (κ2) is 6.86. The molecular formula is C8H17N4OS2+. The van der Waals surface area contributed by atoms with E-state index in [0.717, 1.165) is 24.6 Å². The molecule has 0 aromatic carbocycles. The summed E-state index contributed by atoms with van der Waals surface area (Å²) in [6.07, 6.45) is 0. The summed E-state index contributed by atoms with van der Waals surface area (Å²) in [6, 6.07) is 0. The van der Waals surface area contributed by atoms with Crippen LogP contribution in [0.15, 0.2) is 0 Å². The second-order valence-corrected chi connectivity index (χ2v) is 4.92. The highest BCUT2D eigenvalue weighted by atomic mass is 32.2. The molecule has 0 aromatic rings. The molecule has 1 fully saturated rings. The van der Waals surface area contributed by atoms with Crippen LogP contribution in [0.2, 0.25) is 0 Å². The lowest BCUT2D eigenvalue weighted by atomic mass is 10.4. The molecule has 1 rings (SSSR count). The van der Waals surface area contributed by atoms with E-state index in [4.69, 9.17) is 12.2 Å². The molecule has 1 saturated heterocycles. The van der Waals surface area contributed by atoms with Gasteiger partial charge in [-0.05, 0) is 12.2 Å². The number of amides is 1. The highest BCUT2D eigenvalue weighted by molar-refractivity contribution is 7.99. The van der Waals surface area contributed by atoms with Crippen molar-refractivity contribution >= 4 is 35.0 Å². The Bertz CT molecular complexity index is 231. The number of rotatable bonds is 2. The summed E-state index contributed by atoms with van der Waals surface area (Å²) >= 11 is 6.78. The second-order valence-electron chi connectivity index (χ2n) is 3.29. The van der Waals surface area contributed by atoms with Crippen molar-refractivity contribution in [3.8, 4) is 0 Å². The molecule has 0 atom stereocenters. The molecule has 4 N–H and O–H groups in total. The molecule has 1 aliphatic rings. The Morgan fingerprint density at radius 2 is 2.07 bits per heavy atom. The number of carbonyl (C=O) groups excluding carboxylic acids is 1. The van der Waals surface area contributed by atoms with Gasteiger partial charge < -0.3 is 10.2 Å². The molecule has 1 aliphatic heterocycles. The molecule has 1 amide bonds. The number of quaternary nitrogens is 1. The van der Waals surface area contributed by atoms with Gasteiger partial charge in [-0.3, -0.25) is 15.6 Å². The maximum atomic E-state index is 11.4. The average molecular weight is 249 g/mol. The lowest BCUT2D eigenvalue weighted by molar-refractivity contribution is -0.888. The fourth-order valence-corrected chi connectivity index (χ4v) is 2.42. The number of thioether (sulfide) groups is 1. The number of nitrogens with one attached hydrogen (secondary N) is 4. The summed E-state index contributed by atoms with van der Waals surface area (Å²) in [5.74, 6) is 2.27. The molecule has 0 radical (unpaired) electrons. The number of hydrogen-bond acceptors (Lipinski definition) is 3. The third-order valence-corrected chi connectivity index (χ3v) is 3.44. The topological polar surface area (TPSA) is 57.6 Å². The van der Waals surface area contributed by atoms with Gasteiger partial charge in [-0.2, -0.15) is 11.8 Å². The van der Waals surface area contributed by atoms with E-state index in [2.05, 4.69) is 16.2 Å². The average Bonchev–Trinajstić information content (AvgIpc) is 2.27. The number of carbonyl (C=O) groups is 1. The highest BCUT2D eigenvalue weighted by Gasteiger charge is 2.17. The van der Waals surface area contributed by atoms with E-state index in [1.807, 2.05) is 11.8 Å². The van der Waals surface area contributed by atoms with Crippen LogP contribution in [-0.2, 0) is 4.79 Å². The van der Waals surface area contributed by atoms with Crippen molar-refractivity contribution in [2.24, 2.45) is 0 Å². The van der Waals surface area contributed by atoms with Crippen LogP contribution < -0.4 is 21.1 Å². The van der Waals surface area contributed by atoms with E-state index < -0.39 is 0 Å². The number of hydrazine groups is 1. The van der Waals surface area contributed by atoms with E-state index in [1.54, 1.807) is 7.05 Å². The molecule has 5 nitrogen and oxygen atoms in total. The molecule has 0 spiro atoms. The predicted molar refractivity (Wildman–Crippen MR) is 65.8 cm³/mol.